The Balaban J connectivity index is 2.46. The number of nitrogen functional groups attached to an aromatic ring is 1. The summed E-state index contributed by atoms with van der Waals surface area (Å²) in [6.07, 6.45) is 0. The van der Waals surface area contributed by atoms with Gasteiger partial charge in [0.25, 0.3) is 0 Å². The largest absolute Gasteiger partial charge is 0.455 e. The number of aromatic amines is 1. The van der Waals surface area contributed by atoms with E-state index in [-0.39, 0.29) is 5.69 Å². The number of nitrogens with two attached hydrogens (primary N) is 1. The van der Waals surface area contributed by atoms with E-state index >= 15 is 0 Å². The maximum absolute atomic E-state index is 12.0. The van der Waals surface area contributed by atoms with Gasteiger partial charge in [-0.15, -0.1) is 0 Å². The maximum atomic E-state index is 12.0. The first-order valence-corrected chi connectivity index (χ1v) is 5.96. The van der Waals surface area contributed by atoms with Gasteiger partial charge in [-0.05, 0) is 39.0 Å². The SMILES string of the molecule is CC(C)(C)OC(=O)c1[nH]c2cc(Cl)ccc2c1N. The van der Waals surface area contributed by atoms with Gasteiger partial charge >= 0.3 is 5.97 Å². The fourth-order valence-corrected chi connectivity index (χ4v) is 1.85. The van der Waals surface area contributed by atoms with Gasteiger partial charge in [0, 0.05) is 15.9 Å². The molecule has 0 amide bonds. The summed E-state index contributed by atoms with van der Waals surface area (Å²) >= 11 is 5.89. The first-order chi connectivity index (χ1) is 8.28. The summed E-state index contributed by atoms with van der Waals surface area (Å²) in [5.41, 5.74) is 6.75. The van der Waals surface area contributed by atoms with E-state index in [2.05, 4.69) is 4.98 Å². The van der Waals surface area contributed by atoms with Crippen LogP contribution < -0.4 is 5.73 Å². The van der Waals surface area contributed by atoms with Crippen LogP contribution in [-0.4, -0.2) is 16.6 Å². The lowest BCUT2D eigenvalue weighted by Crippen LogP contribution is -2.24. The number of H-pyrrole nitrogens is 1. The van der Waals surface area contributed by atoms with Crippen LogP contribution in [0.15, 0.2) is 18.2 Å². The van der Waals surface area contributed by atoms with E-state index < -0.39 is 11.6 Å². The highest BCUT2D eigenvalue weighted by Gasteiger charge is 2.22. The number of carbonyl (C=O) groups excluding carboxylic acids is 1. The van der Waals surface area contributed by atoms with Gasteiger partial charge in [0.2, 0.25) is 0 Å². The number of benzene rings is 1. The topological polar surface area (TPSA) is 68.1 Å². The zero-order valence-corrected chi connectivity index (χ0v) is 11.3. The average molecular weight is 267 g/mol. The lowest BCUT2D eigenvalue weighted by molar-refractivity contribution is 0.00652. The minimum Gasteiger partial charge on any atom is -0.455 e. The van der Waals surface area contributed by atoms with Crippen molar-refractivity contribution in [2.75, 3.05) is 5.73 Å². The minimum absolute atomic E-state index is 0.266. The molecule has 0 unspecified atom stereocenters. The van der Waals surface area contributed by atoms with Crippen molar-refractivity contribution in [2.24, 2.45) is 0 Å². The molecule has 1 aromatic carbocycles. The summed E-state index contributed by atoms with van der Waals surface area (Å²) in [6.45, 7) is 5.42. The Morgan fingerprint density at radius 2 is 2.06 bits per heavy atom. The van der Waals surface area contributed by atoms with Crippen LogP contribution in [0.3, 0.4) is 0 Å². The Labute approximate surface area is 110 Å². The lowest BCUT2D eigenvalue weighted by atomic mass is 10.2. The smallest absolute Gasteiger partial charge is 0.357 e. The second-order valence-corrected chi connectivity index (χ2v) is 5.54. The average Bonchev–Trinajstić information content (AvgIpc) is 2.53. The number of ether oxygens (including phenoxy) is 1. The number of esters is 1. The van der Waals surface area contributed by atoms with E-state index in [0.29, 0.717) is 10.7 Å². The normalized spacial score (nSPS) is 11.8. The Bertz CT molecular complexity index is 611. The highest BCUT2D eigenvalue weighted by Crippen LogP contribution is 2.28. The Morgan fingerprint density at radius 1 is 1.39 bits per heavy atom. The summed E-state index contributed by atoms with van der Waals surface area (Å²) in [5.74, 6) is -0.465. The highest BCUT2D eigenvalue weighted by molar-refractivity contribution is 6.31. The molecule has 0 fully saturated rings. The van der Waals surface area contributed by atoms with Crippen molar-refractivity contribution < 1.29 is 9.53 Å². The zero-order chi connectivity index (χ0) is 13.5. The molecule has 0 spiro atoms. The van der Waals surface area contributed by atoms with Gasteiger partial charge in [-0.1, -0.05) is 11.6 Å². The first kappa shape index (κ1) is 12.8. The number of rotatable bonds is 1. The van der Waals surface area contributed by atoms with Crippen LogP contribution in [0.25, 0.3) is 10.9 Å². The van der Waals surface area contributed by atoms with E-state index in [1.807, 2.05) is 0 Å². The zero-order valence-electron chi connectivity index (χ0n) is 10.5. The summed E-state index contributed by atoms with van der Waals surface area (Å²) in [4.78, 5) is 14.9. The van der Waals surface area contributed by atoms with Gasteiger partial charge in [-0.3, -0.25) is 0 Å². The van der Waals surface area contributed by atoms with E-state index in [1.165, 1.54) is 0 Å². The Kier molecular flexibility index (Phi) is 2.99. The number of hydrogen-bond donors (Lipinski definition) is 2. The van der Waals surface area contributed by atoms with Crippen LogP contribution in [0.5, 0.6) is 0 Å². The summed E-state index contributed by atoms with van der Waals surface area (Å²) in [6, 6.07) is 5.23. The van der Waals surface area contributed by atoms with Gasteiger partial charge < -0.3 is 15.5 Å². The number of fused-ring (bicyclic) bond motifs is 1. The van der Waals surface area contributed by atoms with Crippen LogP contribution >= 0.6 is 11.6 Å². The Morgan fingerprint density at radius 3 is 2.67 bits per heavy atom. The van der Waals surface area contributed by atoms with E-state index in [1.54, 1.807) is 39.0 Å². The van der Waals surface area contributed by atoms with E-state index in [0.717, 1.165) is 10.9 Å². The van der Waals surface area contributed by atoms with Gasteiger partial charge in [-0.25, -0.2) is 4.79 Å². The molecule has 1 heterocycles. The molecule has 0 aliphatic rings. The third-order valence-corrected chi connectivity index (χ3v) is 2.64. The standard InChI is InChI=1S/C13H15ClN2O2/c1-13(2,3)18-12(17)11-10(15)8-5-4-7(14)6-9(8)16-11/h4-6,16H,15H2,1-3H3. The number of nitrogens with one attached hydrogen (secondary N) is 1. The van der Waals surface area contributed by atoms with Crippen molar-refractivity contribution >= 4 is 34.2 Å². The maximum Gasteiger partial charge on any atom is 0.357 e. The second kappa shape index (κ2) is 4.21. The van der Waals surface area contributed by atoms with Gasteiger partial charge in [0.15, 0.2) is 0 Å². The monoisotopic (exact) mass is 266 g/mol. The third-order valence-electron chi connectivity index (χ3n) is 2.40. The lowest BCUT2D eigenvalue weighted by Gasteiger charge is -2.19. The number of anilines is 1. The van der Waals surface area contributed by atoms with Crippen LogP contribution in [0, 0.1) is 0 Å². The van der Waals surface area contributed by atoms with Crippen molar-refractivity contribution in [3.05, 3.63) is 28.9 Å². The predicted molar refractivity (Wildman–Crippen MR) is 72.9 cm³/mol. The molecule has 4 nitrogen and oxygen atoms in total. The summed E-state index contributed by atoms with van der Waals surface area (Å²) in [7, 11) is 0. The van der Waals surface area contributed by atoms with Crippen LogP contribution in [0.1, 0.15) is 31.3 Å². The molecule has 0 saturated carbocycles. The number of carbonyl (C=O) groups is 1. The fraction of sp³-hybridized carbons (Fsp3) is 0.308. The molecule has 5 heteroatoms. The number of hydrogen-bond acceptors (Lipinski definition) is 3. The van der Waals surface area contributed by atoms with Crippen molar-refractivity contribution in [3.63, 3.8) is 0 Å². The minimum atomic E-state index is -0.557. The van der Waals surface area contributed by atoms with Crippen molar-refractivity contribution in [2.45, 2.75) is 26.4 Å². The number of halogens is 1. The molecule has 2 rings (SSSR count). The van der Waals surface area contributed by atoms with Crippen molar-refractivity contribution in [1.29, 1.82) is 0 Å². The molecule has 0 radical (unpaired) electrons. The molecule has 1 aromatic heterocycles. The van der Waals surface area contributed by atoms with E-state index in [4.69, 9.17) is 22.1 Å². The van der Waals surface area contributed by atoms with Gasteiger partial charge in [0.05, 0.1) is 5.69 Å². The fourth-order valence-electron chi connectivity index (χ4n) is 1.68. The van der Waals surface area contributed by atoms with Gasteiger partial charge in [0.1, 0.15) is 11.3 Å². The Hall–Kier alpha value is -1.68. The molecule has 3 N–H and O–H groups in total. The van der Waals surface area contributed by atoms with E-state index in [9.17, 15) is 4.79 Å². The third kappa shape index (κ3) is 2.43. The van der Waals surface area contributed by atoms with Crippen LogP contribution in [0.2, 0.25) is 5.02 Å². The van der Waals surface area contributed by atoms with Crippen LogP contribution in [0.4, 0.5) is 5.69 Å². The molecule has 0 saturated heterocycles. The molecule has 0 atom stereocenters. The first-order valence-electron chi connectivity index (χ1n) is 5.58. The van der Waals surface area contributed by atoms with Crippen molar-refractivity contribution in [3.8, 4) is 0 Å². The molecule has 0 aliphatic carbocycles. The molecule has 0 aliphatic heterocycles. The van der Waals surface area contributed by atoms with Crippen molar-refractivity contribution in [1.82, 2.24) is 4.98 Å². The predicted octanol–water partition coefficient (Wildman–Crippen LogP) is 3.36. The summed E-state index contributed by atoms with van der Waals surface area (Å²) < 4.78 is 5.28. The molecule has 0 bridgehead atoms. The molecular formula is C13H15ClN2O2. The quantitative estimate of drug-likeness (QED) is 0.778. The number of aromatic nitrogens is 1. The second-order valence-electron chi connectivity index (χ2n) is 5.11. The highest BCUT2D eigenvalue weighted by atomic mass is 35.5. The molecule has 18 heavy (non-hydrogen) atoms. The summed E-state index contributed by atoms with van der Waals surface area (Å²) in [5, 5.41) is 1.35. The molecular weight excluding hydrogens is 252 g/mol. The van der Waals surface area contributed by atoms with Gasteiger partial charge in [-0.2, -0.15) is 0 Å². The molecule has 96 valence electrons. The molecule has 2 aromatic rings. The van der Waals surface area contributed by atoms with Crippen LogP contribution in [-0.2, 0) is 4.74 Å².